The van der Waals surface area contributed by atoms with Crippen molar-refractivity contribution in [3.8, 4) is 16.9 Å². The molecule has 5 nitrogen and oxygen atoms in total. The Kier molecular flexibility index (Phi) is 6.65. The lowest BCUT2D eigenvalue weighted by Crippen LogP contribution is -2.23. The van der Waals surface area contributed by atoms with E-state index in [4.69, 9.17) is 28.3 Å². The van der Waals surface area contributed by atoms with Gasteiger partial charge in [0.25, 0.3) is 0 Å². The van der Waals surface area contributed by atoms with E-state index in [0.29, 0.717) is 29.4 Å². The van der Waals surface area contributed by atoms with Gasteiger partial charge in [-0.2, -0.15) is 5.10 Å². The zero-order valence-electron chi connectivity index (χ0n) is 16.6. The average molecular weight is 451 g/mol. The van der Waals surface area contributed by atoms with Gasteiger partial charge in [0, 0.05) is 52.7 Å². The fraction of sp³-hybridized carbons (Fsp3) is 0.125. The molecule has 0 spiro atoms. The minimum atomic E-state index is -0.0563. The second-order valence-electron chi connectivity index (χ2n) is 7.03. The number of nitrogens with one attached hydrogen (secondary N) is 1. The first-order valence-electron chi connectivity index (χ1n) is 9.85. The summed E-state index contributed by atoms with van der Waals surface area (Å²) in [7, 11) is 0. The molecule has 4 aromatic rings. The van der Waals surface area contributed by atoms with Gasteiger partial charge in [0.2, 0.25) is 5.91 Å². The summed E-state index contributed by atoms with van der Waals surface area (Å²) in [6, 6.07) is 19.0. The van der Waals surface area contributed by atoms with Gasteiger partial charge in [-0.05, 0) is 48.4 Å². The molecule has 0 atom stereocenters. The van der Waals surface area contributed by atoms with Crippen molar-refractivity contribution in [2.45, 2.75) is 19.4 Å². The molecule has 2 aromatic carbocycles. The Morgan fingerprint density at radius 3 is 2.48 bits per heavy atom. The number of para-hydroxylation sites is 1. The van der Waals surface area contributed by atoms with E-state index in [1.165, 1.54) is 0 Å². The van der Waals surface area contributed by atoms with E-state index in [2.05, 4.69) is 10.3 Å². The normalized spacial score (nSPS) is 10.8. The molecule has 0 fully saturated rings. The van der Waals surface area contributed by atoms with Crippen LogP contribution >= 0.6 is 23.2 Å². The Labute approximate surface area is 190 Å². The zero-order valence-corrected chi connectivity index (χ0v) is 18.1. The maximum Gasteiger partial charge on any atom is 0.220 e. The molecule has 1 N–H and O–H groups in total. The van der Waals surface area contributed by atoms with E-state index < -0.39 is 0 Å². The molecule has 0 aliphatic rings. The Hall–Kier alpha value is -3.15. The van der Waals surface area contributed by atoms with Crippen molar-refractivity contribution >= 4 is 29.1 Å². The Bertz CT molecular complexity index is 1180. The predicted molar refractivity (Wildman–Crippen MR) is 123 cm³/mol. The van der Waals surface area contributed by atoms with E-state index in [0.717, 1.165) is 28.1 Å². The number of hydrogen-bond donors (Lipinski definition) is 1. The fourth-order valence-electron chi connectivity index (χ4n) is 3.26. The van der Waals surface area contributed by atoms with Crippen LogP contribution in [-0.2, 0) is 17.8 Å². The third kappa shape index (κ3) is 5.32. The van der Waals surface area contributed by atoms with E-state index in [9.17, 15) is 4.79 Å². The summed E-state index contributed by atoms with van der Waals surface area (Å²) in [5.41, 5.74) is 4.53. The maximum atomic E-state index is 12.5. The molecule has 7 heteroatoms. The highest BCUT2D eigenvalue weighted by Gasteiger charge is 2.14. The number of halogens is 2. The first kappa shape index (κ1) is 21.1. The fourth-order valence-corrected chi connectivity index (χ4v) is 3.76. The van der Waals surface area contributed by atoms with Crippen LogP contribution < -0.4 is 5.32 Å². The number of rotatable bonds is 7. The lowest BCUT2D eigenvalue weighted by Gasteiger charge is -2.07. The highest BCUT2D eigenvalue weighted by Crippen LogP contribution is 2.24. The highest BCUT2D eigenvalue weighted by atomic mass is 35.5. The predicted octanol–water partition coefficient (Wildman–Crippen LogP) is 5.49. The molecule has 0 saturated carbocycles. The van der Waals surface area contributed by atoms with Gasteiger partial charge in [0.05, 0.1) is 11.4 Å². The van der Waals surface area contributed by atoms with Crippen molar-refractivity contribution in [3.63, 3.8) is 0 Å². The molecule has 156 valence electrons. The van der Waals surface area contributed by atoms with Crippen LogP contribution in [0.15, 0.2) is 79.3 Å². The summed E-state index contributed by atoms with van der Waals surface area (Å²) in [4.78, 5) is 16.6. The van der Waals surface area contributed by atoms with E-state index in [1.54, 1.807) is 24.5 Å². The van der Waals surface area contributed by atoms with Crippen LogP contribution in [0.5, 0.6) is 0 Å². The molecule has 0 saturated heterocycles. The smallest absolute Gasteiger partial charge is 0.220 e. The number of hydrogen-bond acceptors (Lipinski definition) is 3. The molecule has 0 radical (unpaired) electrons. The zero-order chi connectivity index (χ0) is 21.6. The number of amides is 1. The van der Waals surface area contributed by atoms with Gasteiger partial charge in [-0.3, -0.25) is 9.78 Å². The first-order chi connectivity index (χ1) is 15.1. The van der Waals surface area contributed by atoms with Crippen molar-refractivity contribution in [1.82, 2.24) is 20.1 Å². The molecule has 0 aliphatic heterocycles. The summed E-state index contributed by atoms with van der Waals surface area (Å²) in [6.07, 6.45) is 6.28. The Morgan fingerprint density at radius 1 is 0.968 bits per heavy atom. The Balaban J connectivity index is 1.48. The second kappa shape index (κ2) is 9.77. The van der Waals surface area contributed by atoms with Gasteiger partial charge in [-0.15, -0.1) is 0 Å². The van der Waals surface area contributed by atoms with Crippen LogP contribution in [0.25, 0.3) is 16.9 Å². The standard InChI is InChI=1S/C24H20Cl2N4O/c25-20-8-6-17(22(26)14-20)7-9-23(31)28-15-19-16-30(21-4-2-1-3-5-21)29-24(19)18-10-12-27-13-11-18/h1-6,8,10-14,16H,7,9,15H2,(H,28,31). The van der Waals surface area contributed by atoms with Crippen molar-refractivity contribution in [1.29, 1.82) is 0 Å². The summed E-state index contributed by atoms with van der Waals surface area (Å²) in [5.74, 6) is -0.0563. The monoisotopic (exact) mass is 450 g/mol. The van der Waals surface area contributed by atoms with Crippen LogP contribution in [-0.4, -0.2) is 20.7 Å². The molecular weight excluding hydrogens is 431 g/mol. The number of nitrogens with zero attached hydrogens (tertiary/aromatic N) is 3. The molecule has 1 amide bonds. The summed E-state index contributed by atoms with van der Waals surface area (Å²) in [6.45, 7) is 0.373. The van der Waals surface area contributed by atoms with Crippen LogP contribution in [0.4, 0.5) is 0 Å². The minimum absolute atomic E-state index is 0.0563. The number of aromatic nitrogens is 3. The largest absolute Gasteiger partial charge is 0.352 e. The van der Waals surface area contributed by atoms with Crippen LogP contribution in [0.2, 0.25) is 10.0 Å². The van der Waals surface area contributed by atoms with Gasteiger partial charge in [0.1, 0.15) is 0 Å². The van der Waals surface area contributed by atoms with Gasteiger partial charge in [-0.25, -0.2) is 4.68 Å². The second-order valence-corrected chi connectivity index (χ2v) is 7.88. The van der Waals surface area contributed by atoms with Crippen LogP contribution in [0.3, 0.4) is 0 Å². The number of pyridine rings is 1. The SMILES string of the molecule is O=C(CCc1ccc(Cl)cc1Cl)NCc1cn(-c2ccccc2)nc1-c1ccncc1. The van der Waals surface area contributed by atoms with Crippen molar-refractivity contribution in [2.24, 2.45) is 0 Å². The Morgan fingerprint density at radius 2 is 1.74 bits per heavy atom. The number of aryl methyl sites for hydroxylation is 1. The molecule has 2 aromatic heterocycles. The van der Waals surface area contributed by atoms with Crippen molar-refractivity contribution in [3.05, 3.63) is 100 Å². The topological polar surface area (TPSA) is 59.8 Å². The van der Waals surface area contributed by atoms with Gasteiger partial charge in [0.15, 0.2) is 0 Å². The van der Waals surface area contributed by atoms with E-state index in [1.807, 2.05) is 59.4 Å². The third-order valence-corrected chi connectivity index (χ3v) is 5.46. The number of carbonyl (C=O) groups is 1. The molecular formula is C24H20Cl2N4O. The van der Waals surface area contributed by atoms with Crippen LogP contribution in [0, 0.1) is 0 Å². The highest BCUT2D eigenvalue weighted by molar-refractivity contribution is 6.35. The lowest BCUT2D eigenvalue weighted by atomic mass is 10.1. The average Bonchev–Trinajstić information content (AvgIpc) is 3.23. The number of carbonyl (C=O) groups excluding carboxylic acids is 1. The van der Waals surface area contributed by atoms with Crippen molar-refractivity contribution in [2.75, 3.05) is 0 Å². The molecule has 0 bridgehead atoms. The summed E-state index contributed by atoms with van der Waals surface area (Å²) in [5, 5.41) is 8.90. The summed E-state index contributed by atoms with van der Waals surface area (Å²) >= 11 is 12.1. The quantitative estimate of drug-likeness (QED) is 0.404. The molecule has 0 unspecified atom stereocenters. The van der Waals surface area contributed by atoms with Gasteiger partial charge >= 0.3 is 0 Å². The minimum Gasteiger partial charge on any atom is -0.352 e. The van der Waals surface area contributed by atoms with E-state index in [-0.39, 0.29) is 5.91 Å². The molecule has 31 heavy (non-hydrogen) atoms. The van der Waals surface area contributed by atoms with Crippen molar-refractivity contribution < 1.29 is 4.79 Å². The maximum absolute atomic E-state index is 12.5. The number of benzene rings is 2. The molecule has 2 heterocycles. The van der Waals surface area contributed by atoms with Crippen LogP contribution in [0.1, 0.15) is 17.5 Å². The lowest BCUT2D eigenvalue weighted by molar-refractivity contribution is -0.121. The molecule has 0 aliphatic carbocycles. The first-order valence-corrected chi connectivity index (χ1v) is 10.6. The van der Waals surface area contributed by atoms with Gasteiger partial charge < -0.3 is 5.32 Å². The molecule has 4 rings (SSSR count). The van der Waals surface area contributed by atoms with Gasteiger partial charge in [-0.1, -0.05) is 47.5 Å². The summed E-state index contributed by atoms with van der Waals surface area (Å²) < 4.78 is 1.82. The third-order valence-electron chi connectivity index (χ3n) is 4.88. The van der Waals surface area contributed by atoms with E-state index >= 15 is 0 Å².